The van der Waals surface area contributed by atoms with Crippen LogP contribution >= 0.6 is 0 Å². The summed E-state index contributed by atoms with van der Waals surface area (Å²) in [6, 6.07) is 0. The Morgan fingerprint density at radius 1 is 1.38 bits per heavy atom. The molecule has 0 atom stereocenters. The van der Waals surface area contributed by atoms with Gasteiger partial charge in [0.15, 0.2) is 0 Å². The normalized spacial score (nSPS) is 10.5. The third-order valence-electron chi connectivity index (χ3n) is 2.57. The lowest BCUT2D eigenvalue weighted by Gasteiger charge is -2.14. The quantitative estimate of drug-likeness (QED) is 0.635. The van der Waals surface area contributed by atoms with E-state index in [2.05, 4.69) is 55.1 Å². The maximum atomic E-state index is 2.35. The molecule has 74 valence electrons. The van der Waals surface area contributed by atoms with Gasteiger partial charge in [-0.25, -0.2) is 9.13 Å². The molecular weight excluding hydrogens is 162 g/mol. The van der Waals surface area contributed by atoms with Crippen LogP contribution in [0.5, 0.6) is 0 Å². The molecule has 1 aromatic rings. The average molecular weight is 182 g/mol. The lowest BCUT2D eigenvalue weighted by Crippen LogP contribution is -2.38. The highest BCUT2D eigenvalue weighted by Crippen LogP contribution is 2.09. The number of hydrogen-bond acceptors (Lipinski definition) is 1. The second kappa shape index (κ2) is 3.81. The van der Waals surface area contributed by atoms with Gasteiger partial charge in [0, 0.05) is 0 Å². The van der Waals surface area contributed by atoms with Crippen LogP contribution in [0.2, 0.25) is 0 Å². The Labute approximate surface area is 80.6 Å². The van der Waals surface area contributed by atoms with Crippen molar-refractivity contribution in [3.8, 4) is 0 Å². The molecule has 0 saturated carbocycles. The molecule has 1 aromatic heterocycles. The van der Waals surface area contributed by atoms with E-state index in [1.54, 1.807) is 0 Å². The molecule has 0 spiro atoms. The molecule has 0 saturated heterocycles. The first-order valence-electron chi connectivity index (χ1n) is 4.88. The molecule has 1 heterocycles. The molecule has 0 amide bonds. The summed E-state index contributed by atoms with van der Waals surface area (Å²) in [4.78, 5) is 2.35. The van der Waals surface area contributed by atoms with Crippen LogP contribution in [0.4, 0.5) is 5.95 Å². The first-order valence-corrected chi connectivity index (χ1v) is 4.88. The molecule has 0 unspecified atom stereocenters. The van der Waals surface area contributed by atoms with Gasteiger partial charge < -0.3 is 0 Å². The fourth-order valence-corrected chi connectivity index (χ4v) is 1.76. The van der Waals surface area contributed by atoms with E-state index in [0.717, 1.165) is 13.1 Å². The Bertz CT molecular complexity index is 285. The van der Waals surface area contributed by atoms with Crippen molar-refractivity contribution in [1.82, 2.24) is 4.57 Å². The zero-order valence-corrected chi connectivity index (χ0v) is 9.33. The van der Waals surface area contributed by atoms with Crippen LogP contribution in [-0.4, -0.2) is 17.7 Å². The van der Waals surface area contributed by atoms with Gasteiger partial charge in [-0.15, -0.1) is 0 Å². The Kier molecular flexibility index (Phi) is 2.96. The van der Waals surface area contributed by atoms with Crippen molar-refractivity contribution in [2.45, 2.75) is 20.8 Å². The molecule has 3 heteroatoms. The molecule has 0 aliphatic carbocycles. The highest BCUT2D eigenvalue weighted by Gasteiger charge is 2.19. The van der Waals surface area contributed by atoms with Crippen LogP contribution in [-0.2, 0) is 14.1 Å². The van der Waals surface area contributed by atoms with Gasteiger partial charge in [-0.3, -0.25) is 4.90 Å². The van der Waals surface area contributed by atoms with Crippen LogP contribution < -0.4 is 9.47 Å². The summed E-state index contributed by atoms with van der Waals surface area (Å²) in [5.74, 6) is 1.28. The second-order valence-corrected chi connectivity index (χ2v) is 3.41. The van der Waals surface area contributed by atoms with Gasteiger partial charge in [0.05, 0.1) is 33.4 Å². The van der Waals surface area contributed by atoms with E-state index in [9.17, 15) is 0 Å². The molecule has 0 fully saturated rings. The minimum absolute atomic E-state index is 1.06. The second-order valence-electron chi connectivity index (χ2n) is 3.41. The molecule has 13 heavy (non-hydrogen) atoms. The zero-order valence-electron chi connectivity index (χ0n) is 9.33. The number of hydrogen-bond donors (Lipinski definition) is 0. The fourth-order valence-electron chi connectivity index (χ4n) is 1.76. The maximum absolute atomic E-state index is 2.35. The van der Waals surface area contributed by atoms with Crippen LogP contribution in [0.25, 0.3) is 0 Å². The summed E-state index contributed by atoms with van der Waals surface area (Å²) >= 11 is 0. The minimum Gasteiger partial charge on any atom is -0.265 e. The smallest absolute Gasteiger partial charge is 0.265 e. The summed E-state index contributed by atoms with van der Waals surface area (Å²) in [5, 5.41) is 0. The number of rotatable bonds is 3. The lowest BCUT2D eigenvalue weighted by atomic mass is 10.5. The Morgan fingerprint density at radius 2 is 1.92 bits per heavy atom. The van der Waals surface area contributed by atoms with E-state index in [1.807, 2.05) is 0 Å². The largest absolute Gasteiger partial charge is 0.359 e. The van der Waals surface area contributed by atoms with Crippen molar-refractivity contribution in [2.24, 2.45) is 14.1 Å². The highest BCUT2D eigenvalue weighted by molar-refractivity contribution is 5.26. The Morgan fingerprint density at radius 3 is 2.23 bits per heavy atom. The predicted octanol–water partition coefficient (Wildman–Crippen LogP) is 1.00. The molecule has 0 radical (unpaired) electrons. The first-order chi connectivity index (χ1) is 6.11. The standard InChI is InChI=1S/C10H20N3/c1-6-13(7-2)10-11(4)8-9(3)12(10)5/h8H,6-7H2,1-5H3/q+1. The van der Waals surface area contributed by atoms with Gasteiger partial charge in [0.1, 0.15) is 5.69 Å². The minimum atomic E-state index is 1.06. The maximum Gasteiger partial charge on any atom is 0.359 e. The van der Waals surface area contributed by atoms with Crippen molar-refractivity contribution < 1.29 is 4.57 Å². The summed E-state index contributed by atoms with van der Waals surface area (Å²) < 4.78 is 4.41. The molecule has 1 rings (SSSR count). The molecular formula is C10H20N3+. The van der Waals surface area contributed by atoms with Gasteiger partial charge in [-0.05, 0) is 20.8 Å². The van der Waals surface area contributed by atoms with Crippen molar-refractivity contribution in [3.63, 3.8) is 0 Å². The summed E-state index contributed by atoms with van der Waals surface area (Å²) in [6.07, 6.45) is 2.16. The van der Waals surface area contributed by atoms with E-state index in [4.69, 9.17) is 0 Å². The van der Waals surface area contributed by atoms with E-state index in [1.165, 1.54) is 11.6 Å². The number of aryl methyl sites for hydroxylation is 2. The van der Waals surface area contributed by atoms with Gasteiger partial charge in [0.25, 0.3) is 0 Å². The third-order valence-corrected chi connectivity index (χ3v) is 2.57. The summed E-state index contributed by atoms with van der Waals surface area (Å²) in [7, 11) is 4.21. The SMILES string of the molecule is CCN(CC)c1n(C)c(C)c[n+]1C. The monoisotopic (exact) mass is 182 g/mol. The van der Waals surface area contributed by atoms with Crippen molar-refractivity contribution in [3.05, 3.63) is 11.9 Å². The van der Waals surface area contributed by atoms with E-state index in [0.29, 0.717) is 0 Å². The zero-order chi connectivity index (χ0) is 10.0. The van der Waals surface area contributed by atoms with Gasteiger partial charge in [-0.1, -0.05) is 0 Å². The van der Waals surface area contributed by atoms with Crippen LogP contribution in [0.1, 0.15) is 19.5 Å². The summed E-state index contributed by atoms with van der Waals surface area (Å²) in [6.45, 7) is 8.62. The van der Waals surface area contributed by atoms with Gasteiger partial charge in [0.2, 0.25) is 0 Å². The van der Waals surface area contributed by atoms with Gasteiger partial charge in [-0.2, -0.15) is 0 Å². The van der Waals surface area contributed by atoms with Crippen LogP contribution in [0.15, 0.2) is 6.20 Å². The first kappa shape index (κ1) is 10.1. The van der Waals surface area contributed by atoms with Crippen molar-refractivity contribution >= 4 is 5.95 Å². The van der Waals surface area contributed by atoms with Crippen molar-refractivity contribution in [2.75, 3.05) is 18.0 Å². The molecule has 0 aliphatic rings. The highest BCUT2D eigenvalue weighted by atomic mass is 15.3. The van der Waals surface area contributed by atoms with E-state index < -0.39 is 0 Å². The average Bonchev–Trinajstić information content (AvgIpc) is 2.34. The molecule has 0 bridgehead atoms. The third kappa shape index (κ3) is 1.69. The Hall–Kier alpha value is -0.990. The molecule has 0 aromatic carbocycles. The van der Waals surface area contributed by atoms with Gasteiger partial charge >= 0.3 is 5.95 Å². The molecule has 0 aliphatic heterocycles. The number of nitrogens with zero attached hydrogens (tertiary/aromatic N) is 3. The number of aromatic nitrogens is 2. The van der Waals surface area contributed by atoms with Crippen molar-refractivity contribution in [1.29, 1.82) is 0 Å². The topological polar surface area (TPSA) is 12.1 Å². The summed E-state index contributed by atoms with van der Waals surface area (Å²) in [5.41, 5.74) is 1.30. The van der Waals surface area contributed by atoms with Crippen LogP contribution in [0.3, 0.4) is 0 Å². The Balaban J connectivity index is 3.11. The number of imidazole rings is 1. The fraction of sp³-hybridized carbons (Fsp3) is 0.700. The van der Waals surface area contributed by atoms with Crippen LogP contribution in [0, 0.1) is 6.92 Å². The molecule has 3 nitrogen and oxygen atoms in total. The van der Waals surface area contributed by atoms with E-state index >= 15 is 0 Å². The lowest BCUT2D eigenvalue weighted by molar-refractivity contribution is -0.658. The predicted molar refractivity (Wildman–Crippen MR) is 54.9 cm³/mol. The number of anilines is 1. The van der Waals surface area contributed by atoms with E-state index in [-0.39, 0.29) is 0 Å². The molecule has 0 N–H and O–H groups in total.